The van der Waals surface area contributed by atoms with E-state index in [2.05, 4.69) is 5.32 Å². The van der Waals surface area contributed by atoms with E-state index >= 15 is 0 Å². The van der Waals surface area contributed by atoms with E-state index in [1.54, 1.807) is 0 Å². The summed E-state index contributed by atoms with van der Waals surface area (Å²) in [4.78, 5) is 12.3. The van der Waals surface area contributed by atoms with Gasteiger partial charge in [0.05, 0.1) is 4.91 Å². The Hall–Kier alpha value is -1.13. The summed E-state index contributed by atoms with van der Waals surface area (Å²) >= 11 is 6.13. The molecule has 0 saturated carbocycles. The second-order valence-electron chi connectivity index (χ2n) is 2.76. The molecule has 2 nitrogen and oxygen atoms in total. The molecule has 0 radical (unpaired) electrons. The monoisotopic (exact) mass is 221 g/mol. The molecule has 0 unspecified atom stereocenters. The second kappa shape index (κ2) is 3.94. The van der Waals surface area contributed by atoms with E-state index < -0.39 is 0 Å². The molecule has 1 aliphatic rings. The minimum atomic E-state index is -0.0998. The van der Waals surface area contributed by atoms with Crippen molar-refractivity contribution in [2.75, 3.05) is 0 Å². The number of nitrogens with one attached hydrogen (secondary N) is 1. The van der Waals surface area contributed by atoms with Crippen LogP contribution < -0.4 is 5.32 Å². The molecule has 1 N–H and O–H groups in total. The van der Waals surface area contributed by atoms with Gasteiger partial charge in [-0.3, -0.25) is 4.79 Å². The van der Waals surface area contributed by atoms with Crippen molar-refractivity contribution in [3.05, 3.63) is 40.8 Å². The summed E-state index contributed by atoms with van der Waals surface area (Å²) in [6.45, 7) is 0. The van der Waals surface area contributed by atoms with E-state index in [0.717, 1.165) is 22.2 Å². The van der Waals surface area contributed by atoms with Crippen molar-refractivity contribution >= 4 is 40.3 Å². The Morgan fingerprint density at radius 3 is 2.57 bits per heavy atom. The molecule has 70 valence electrons. The quantitative estimate of drug-likeness (QED) is 0.584. The van der Waals surface area contributed by atoms with E-state index in [1.807, 2.05) is 36.4 Å². The number of carbonyl (C=O) groups excluding carboxylic acids is 1. The number of amides is 1. The molecule has 0 atom stereocenters. The lowest BCUT2D eigenvalue weighted by Crippen LogP contribution is -2.15. The molecule has 1 aromatic carbocycles. The molecular weight excluding hydrogens is 214 g/mol. The molecule has 1 saturated heterocycles. The van der Waals surface area contributed by atoms with Gasteiger partial charge in [-0.05, 0) is 23.4 Å². The normalized spacial score (nSPS) is 18.7. The van der Waals surface area contributed by atoms with Crippen molar-refractivity contribution in [3.63, 3.8) is 0 Å². The molecule has 0 bridgehead atoms. The number of hydrogen-bond donors (Lipinski definition) is 1. The fraction of sp³-hybridized carbons (Fsp3) is 0. The summed E-state index contributed by atoms with van der Waals surface area (Å²) in [7, 11) is 0. The number of hydrogen-bond acceptors (Lipinski definition) is 3. The fourth-order valence-electron chi connectivity index (χ4n) is 1.12. The number of thiocarbonyl (C=S) groups is 1. The van der Waals surface area contributed by atoms with Crippen molar-refractivity contribution in [2.24, 2.45) is 0 Å². The minimum Gasteiger partial charge on any atom is -0.307 e. The molecule has 1 heterocycles. The maximum Gasteiger partial charge on any atom is 0.289 e. The lowest BCUT2D eigenvalue weighted by atomic mass is 10.2. The molecule has 1 fully saturated rings. The van der Waals surface area contributed by atoms with Gasteiger partial charge in [-0.25, -0.2) is 0 Å². The van der Waals surface area contributed by atoms with E-state index in [0.29, 0.717) is 4.99 Å². The summed E-state index contributed by atoms with van der Waals surface area (Å²) in [5.74, 6) is 0. The first kappa shape index (κ1) is 9.43. The molecule has 2 rings (SSSR count). The van der Waals surface area contributed by atoms with Gasteiger partial charge >= 0.3 is 0 Å². The Morgan fingerprint density at radius 1 is 1.29 bits per heavy atom. The van der Waals surface area contributed by atoms with Crippen LogP contribution in [0.5, 0.6) is 0 Å². The first-order valence-electron chi connectivity index (χ1n) is 4.05. The predicted octanol–water partition coefficient (Wildman–Crippen LogP) is 2.81. The first-order valence-corrected chi connectivity index (χ1v) is 5.28. The number of carbonyl (C=O) groups is 1. The zero-order valence-corrected chi connectivity index (χ0v) is 8.82. The maximum atomic E-state index is 11.0. The second-order valence-corrected chi connectivity index (χ2v) is 4.19. The van der Waals surface area contributed by atoms with E-state index in [-0.39, 0.29) is 5.24 Å². The Kier molecular flexibility index (Phi) is 2.65. The lowest BCUT2D eigenvalue weighted by molar-refractivity contribution is 0.265. The van der Waals surface area contributed by atoms with Crippen LogP contribution in [0.2, 0.25) is 0 Å². The Bertz CT molecular complexity index is 411. The van der Waals surface area contributed by atoms with Crippen molar-refractivity contribution in [2.45, 2.75) is 0 Å². The fourth-order valence-corrected chi connectivity index (χ4v) is 2.15. The highest BCUT2D eigenvalue weighted by molar-refractivity contribution is 8.19. The van der Waals surface area contributed by atoms with Crippen LogP contribution in [0.3, 0.4) is 0 Å². The Balaban J connectivity index is 2.28. The van der Waals surface area contributed by atoms with Crippen molar-refractivity contribution in [3.8, 4) is 0 Å². The summed E-state index contributed by atoms with van der Waals surface area (Å²) in [6, 6.07) is 9.79. The zero-order valence-electron chi connectivity index (χ0n) is 7.19. The standard InChI is InChI=1S/C10H7NOS2/c12-10-11-9(13)8(14-10)6-7-4-2-1-3-5-7/h1-6H,(H,11,12,13). The van der Waals surface area contributed by atoms with Gasteiger partial charge in [0.25, 0.3) is 5.24 Å². The highest BCUT2D eigenvalue weighted by atomic mass is 32.2. The molecule has 0 aromatic heterocycles. The van der Waals surface area contributed by atoms with Crippen molar-refractivity contribution in [1.82, 2.24) is 5.32 Å². The molecule has 1 aromatic rings. The highest BCUT2D eigenvalue weighted by Crippen LogP contribution is 2.26. The van der Waals surface area contributed by atoms with Crippen LogP contribution in [0.15, 0.2) is 35.2 Å². The van der Waals surface area contributed by atoms with Crippen LogP contribution in [0.25, 0.3) is 6.08 Å². The Morgan fingerprint density at radius 2 is 2.00 bits per heavy atom. The highest BCUT2D eigenvalue weighted by Gasteiger charge is 2.21. The third-order valence-corrected chi connectivity index (χ3v) is 3.02. The van der Waals surface area contributed by atoms with Gasteiger partial charge in [-0.15, -0.1) is 0 Å². The summed E-state index contributed by atoms with van der Waals surface area (Å²) in [5.41, 5.74) is 1.05. The number of thioether (sulfide) groups is 1. The van der Waals surface area contributed by atoms with Crippen LogP contribution in [-0.4, -0.2) is 10.2 Å². The van der Waals surface area contributed by atoms with Crippen molar-refractivity contribution < 1.29 is 4.79 Å². The third kappa shape index (κ3) is 2.02. The van der Waals surface area contributed by atoms with E-state index in [9.17, 15) is 4.79 Å². The predicted molar refractivity (Wildman–Crippen MR) is 63.1 cm³/mol. The molecule has 0 aliphatic carbocycles. The summed E-state index contributed by atoms with van der Waals surface area (Å²) < 4.78 is 0. The average molecular weight is 221 g/mol. The van der Waals surface area contributed by atoms with Crippen LogP contribution in [-0.2, 0) is 0 Å². The van der Waals surface area contributed by atoms with Crippen molar-refractivity contribution in [1.29, 1.82) is 0 Å². The van der Waals surface area contributed by atoms with Gasteiger partial charge in [0, 0.05) is 0 Å². The molecular formula is C10H7NOS2. The van der Waals surface area contributed by atoms with Gasteiger partial charge in [0.2, 0.25) is 0 Å². The number of benzene rings is 1. The van der Waals surface area contributed by atoms with Crippen LogP contribution in [0.4, 0.5) is 4.79 Å². The average Bonchev–Trinajstić information content (AvgIpc) is 2.47. The lowest BCUT2D eigenvalue weighted by Gasteiger charge is -1.94. The van der Waals surface area contributed by atoms with E-state index in [4.69, 9.17) is 12.2 Å². The zero-order chi connectivity index (χ0) is 9.97. The third-order valence-electron chi connectivity index (χ3n) is 1.74. The smallest absolute Gasteiger partial charge is 0.289 e. The van der Waals surface area contributed by atoms with Gasteiger partial charge in [-0.1, -0.05) is 42.5 Å². The maximum absolute atomic E-state index is 11.0. The van der Waals surface area contributed by atoms with Crippen LogP contribution in [0.1, 0.15) is 5.56 Å². The van der Waals surface area contributed by atoms with Gasteiger partial charge in [0.15, 0.2) is 0 Å². The molecule has 4 heteroatoms. The number of rotatable bonds is 1. The molecule has 1 amide bonds. The first-order chi connectivity index (χ1) is 6.75. The molecule has 1 aliphatic heterocycles. The molecule has 14 heavy (non-hydrogen) atoms. The van der Waals surface area contributed by atoms with E-state index in [1.165, 1.54) is 0 Å². The molecule has 0 spiro atoms. The Labute approximate surface area is 91.4 Å². The SMILES string of the molecule is O=C1NC(=S)C(=Cc2ccccc2)S1. The van der Waals surface area contributed by atoms with Crippen LogP contribution in [0, 0.1) is 0 Å². The van der Waals surface area contributed by atoms with Gasteiger partial charge in [0.1, 0.15) is 4.99 Å². The van der Waals surface area contributed by atoms with Gasteiger partial charge in [-0.2, -0.15) is 0 Å². The minimum absolute atomic E-state index is 0.0998. The summed E-state index contributed by atoms with van der Waals surface area (Å²) in [6.07, 6.45) is 1.91. The topological polar surface area (TPSA) is 29.1 Å². The largest absolute Gasteiger partial charge is 0.307 e. The summed E-state index contributed by atoms with van der Waals surface area (Å²) in [5, 5.41) is 2.47. The van der Waals surface area contributed by atoms with Gasteiger partial charge < -0.3 is 5.32 Å². The van der Waals surface area contributed by atoms with Crippen LogP contribution >= 0.6 is 24.0 Å².